The second-order valence-corrected chi connectivity index (χ2v) is 9.86. The molecule has 2 aromatic heterocycles. The van der Waals surface area contributed by atoms with E-state index in [9.17, 15) is 9.59 Å². The maximum atomic E-state index is 10.9. The fraction of sp³-hybridized carbons (Fsp3) is 0.536. The van der Waals surface area contributed by atoms with E-state index in [0.717, 1.165) is 41.0 Å². The van der Waals surface area contributed by atoms with Crippen molar-refractivity contribution in [1.29, 1.82) is 0 Å². The van der Waals surface area contributed by atoms with Gasteiger partial charge in [-0.05, 0) is 56.1 Å². The van der Waals surface area contributed by atoms with Gasteiger partial charge in [0.25, 0.3) is 5.91 Å². The number of nitrogens with one attached hydrogen (secondary N) is 2. The van der Waals surface area contributed by atoms with E-state index in [-0.39, 0.29) is 11.4 Å². The van der Waals surface area contributed by atoms with E-state index in [0.29, 0.717) is 18.4 Å². The monoisotopic (exact) mass is 530 g/mol. The number of carbonyl (C=O) groups is 1. The van der Waals surface area contributed by atoms with E-state index in [1.54, 1.807) is 17.8 Å². The molecule has 0 unspecified atom stereocenters. The lowest BCUT2D eigenvalue weighted by Crippen LogP contribution is -2.10. The van der Waals surface area contributed by atoms with Crippen LogP contribution in [0.5, 0.6) is 0 Å². The van der Waals surface area contributed by atoms with Crippen molar-refractivity contribution in [1.82, 2.24) is 15.1 Å². The van der Waals surface area contributed by atoms with Gasteiger partial charge in [0.15, 0.2) is 5.69 Å². The average molecular weight is 531 g/mol. The molecule has 5 N–H and O–H groups in total. The van der Waals surface area contributed by atoms with Crippen LogP contribution in [0.15, 0.2) is 38.5 Å². The normalized spacial score (nSPS) is 12.6. The summed E-state index contributed by atoms with van der Waals surface area (Å²) in [6, 6.07) is 7.47. The van der Waals surface area contributed by atoms with Crippen LogP contribution in [0.1, 0.15) is 94.3 Å². The highest BCUT2D eigenvalue weighted by Crippen LogP contribution is 2.40. The second kappa shape index (κ2) is 18.3. The molecule has 1 aliphatic carbocycles. The molecule has 4 rings (SSSR count). The predicted octanol–water partition coefficient (Wildman–Crippen LogP) is 5.84. The number of hydrogen-bond acceptors (Lipinski definition) is 6. The van der Waals surface area contributed by atoms with Gasteiger partial charge >= 0.3 is 5.69 Å². The molecule has 0 bridgehead atoms. The molecule has 1 amide bonds. The number of aliphatic hydroxyl groups is 1. The van der Waals surface area contributed by atoms with Gasteiger partial charge in [-0.3, -0.25) is 4.79 Å². The topological polar surface area (TPSA) is 138 Å². The molecule has 1 atom stereocenters. The first kappa shape index (κ1) is 32.1. The molecule has 204 valence electrons. The fourth-order valence-electron chi connectivity index (χ4n) is 3.03. The third-order valence-electron chi connectivity index (χ3n) is 5.52. The number of nitrogens with two attached hydrogens (primary N) is 1. The van der Waals surface area contributed by atoms with Crippen LogP contribution in [0.4, 0.5) is 0 Å². The number of H-pyrrole nitrogens is 2. The SMILES string of the molecule is C#CCCCC.CCCC[C@H](C)CO.CSc1ccc2[nH]c(=O)[nH]c2c1.NC(=O)c1cc(C2CC2)on1. The number of thioether (sulfide) groups is 1. The number of benzene rings is 1. The highest BCUT2D eigenvalue weighted by molar-refractivity contribution is 7.98. The largest absolute Gasteiger partial charge is 0.396 e. The van der Waals surface area contributed by atoms with Gasteiger partial charge in [-0.15, -0.1) is 24.1 Å². The van der Waals surface area contributed by atoms with Crippen molar-refractivity contribution in [3.05, 3.63) is 46.2 Å². The summed E-state index contributed by atoms with van der Waals surface area (Å²) in [6.07, 6.45) is 16.2. The van der Waals surface area contributed by atoms with Crippen molar-refractivity contribution >= 4 is 28.7 Å². The highest BCUT2D eigenvalue weighted by atomic mass is 32.2. The number of rotatable bonds is 9. The quantitative estimate of drug-likeness (QED) is 0.156. The van der Waals surface area contributed by atoms with Crippen LogP contribution in [0.25, 0.3) is 11.0 Å². The third kappa shape index (κ3) is 13.2. The second-order valence-electron chi connectivity index (χ2n) is 8.98. The number of hydrogen-bond donors (Lipinski definition) is 4. The Balaban J connectivity index is 0.000000256. The highest BCUT2D eigenvalue weighted by Gasteiger charge is 2.28. The summed E-state index contributed by atoms with van der Waals surface area (Å²) < 4.78 is 4.90. The van der Waals surface area contributed by atoms with Gasteiger partial charge in [0, 0.05) is 29.9 Å². The average Bonchev–Trinajstić information content (AvgIpc) is 3.50. The Labute approximate surface area is 224 Å². The summed E-state index contributed by atoms with van der Waals surface area (Å²) in [5.41, 5.74) is 6.79. The number of unbranched alkanes of at least 4 members (excludes halogenated alkanes) is 3. The van der Waals surface area contributed by atoms with Crippen molar-refractivity contribution in [3.63, 3.8) is 0 Å². The number of aliphatic hydroxyl groups excluding tert-OH is 1. The number of imidazole rings is 1. The molecular formula is C28H42N4O4S. The molecule has 9 heteroatoms. The summed E-state index contributed by atoms with van der Waals surface area (Å²) in [4.78, 5) is 28.0. The number of amides is 1. The molecule has 3 aromatic rings. The van der Waals surface area contributed by atoms with Crippen molar-refractivity contribution < 1.29 is 14.4 Å². The minimum atomic E-state index is -0.527. The number of aromatic amines is 2. The first-order valence-electron chi connectivity index (χ1n) is 12.9. The lowest BCUT2D eigenvalue weighted by Gasteiger charge is -2.03. The van der Waals surface area contributed by atoms with Crippen molar-refractivity contribution in [2.24, 2.45) is 11.7 Å². The predicted molar refractivity (Wildman–Crippen MR) is 152 cm³/mol. The zero-order valence-electron chi connectivity index (χ0n) is 22.5. The van der Waals surface area contributed by atoms with Gasteiger partial charge in [0.05, 0.1) is 11.0 Å². The van der Waals surface area contributed by atoms with Crippen LogP contribution in [0.2, 0.25) is 0 Å². The lowest BCUT2D eigenvalue weighted by molar-refractivity contribution is 0.0991. The minimum Gasteiger partial charge on any atom is -0.396 e. The van der Waals surface area contributed by atoms with Gasteiger partial charge in [0.2, 0.25) is 0 Å². The molecule has 0 aliphatic heterocycles. The summed E-state index contributed by atoms with van der Waals surface area (Å²) in [5.74, 6) is 3.82. The molecule has 8 nitrogen and oxygen atoms in total. The number of nitrogens with zero attached hydrogens (tertiary/aromatic N) is 1. The Morgan fingerprint density at radius 1 is 1.24 bits per heavy atom. The van der Waals surface area contributed by atoms with E-state index in [4.69, 9.17) is 21.8 Å². The summed E-state index contributed by atoms with van der Waals surface area (Å²) >= 11 is 1.66. The van der Waals surface area contributed by atoms with Gasteiger partial charge in [0.1, 0.15) is 5.76 Å². The van der Waals surface area contributed by atoms with Crippen LogP contribution in [0.3, 0.4) is 0 Å². The molecule has 37 heavy (non-hydrogen) atoms. The summed E-state index contributed by atoms with van der Waals surface area (Å²) in [7, 11) is 0. The van der Waals surface area contributed by atoms with Crippen LogP contribution in [0, 0.1) is 18.3 Å². The molecular weight excluding hydrogens is 488 g/mol. The van der Waals surface area contributed by atoms with Gasteiger partial charge in [-0.25, -0.2) is 4.79 Å². The van der Waals surface area contributed by atoms with Crippen LogP contribution in [-0.4, -0.2) is 39.0 Å². The van der Waals surface area contributed by atoms with Crippen LogP contribution in [-0.2, 0) is 0 Å². The number of primary amides is 1. The Kier molecular flexibility index (Phi) is 15.9. The van der Waals surface area contributed by atoms with Crippen molar-refractivity contribution in [2.75, 3.05) is 12.9 Å². The smallest absolute Gasteiger partial charge is 0.323 e. The lowest BCUT2D eigenvalue weighted by atomic mass is 10.1. The Morgan fingerprint density at radius 3 is 2.41 bits per heavy atom. The van der Waals surface area contributed by atoms with Crippen molar-refractivity contribution in [3.8, 4) is 12.3 Å². The molecule has 0 spiro atoms. The maximum Gasteiger partial charge on any atom is 0.323 e. The van der Waals surface area contributed by atoms with Gasteiger partial charge < -0.3 is 25.3 Å². The molecule has 0 radical (unpaired) electrons. The molecule has 1 saturated carbocycles. The van der Waals surface area contributed by atoms with Crippen molar-refractivity contribution in [2.45, 2.75) is 83.0 Å². The first-order chi connectivity index (χ1) is 17.8. The standard InChI is InChI=1S/C8H8N2OS.C7H8N2O2.C7H16O.C6H10/c1-12-5-2-3-6-7(4-5)10-8(11)9-6;8-7(10)5-3-6(11-9-5)4-1-2-4;1-3-4-5-7(2)6-8;1-3-5-6-4-2/h2-4H,1H3,(H2,9,10,11);3-4H,1-2H2,(H2,8,10);7-8H,3-6H2,1-2H3;1H,4-6H2,2H3/t;;7-;/m..0./s1. The summed E-state index contributed by atoms with van der Waals surface area (Å²) in [6.45, 7) is 6.73. The third-order valence-corrected chi connectivity index (χ3v) is 6.25. The fourth-order valence-corrected chi connectivity index (χ4v) is 3.47. The summed E-state index contributed by atoms with van der Waals surface area (Å²) in [5, 5.41) is 12.1. The van der Waals surface area contributed by atoms with E-state index < -0.39 is 5.91 Å². The molecule has 0 saturated heterocycles. The van der Waals surface area contributed by atoms with Crippen LogP contribution < -0.4 is 11.4 Å². The Bertz CT molecular complexity index is 1140. The first-order valence-corrected chi connectivity index (χ1v) is 14.1. The number of aromatic nitrogens is 3. The zero-order chi connectivity index (χ0) is 27.6. The Hall–Kier alpha value is -2.96. The van der Waals surface area contributed by atoms with E-state index in [1.807, 2.05) is 24.5 Å². The zero-order valence-corrected chi connectivity index (χ0v) is 23.3. The van der Waals surface area contributed by atoms with Gasteiger partial charge in [-0.2, -0.15) is 0 Å². The van der Waals surface area contributed by atoms with E-state index >= 15 is 0 Å². The van der Waals surface area contributed by atoms with E-state index in [2.05, 4.69) is 41.8 Å². The number of fused-ring (bicyclic) bond motifs is 1. The molecule has 1 aromatic carbocycles. The maximum absolute atomic E-state index is 10.9. The molecule has 1 aliphatic rings. The number of carbonyl (C=O) groups excluding carboxylic acids is 1. The molecule has 1 fully saturated rings. The van der Waals surface area contributed by atoms with Gasteiger partial charge in [-0.1, -0.05) is 45.2 Å². The molecule has 2 heterocycles. The van der Waals surface area contributed by atoms with Crippen LogP contribution >= 0.6 is 11.8 Å². The number of terminal acetylenes is 1. The Morgan fingerprint density at radius 2 is 1.92 bits per heavy atom. The van der Waals surface area contributed by atoms with E-state index in [1.165, 1.54) is 32.1 Å². The minimum absolute atomic E-state index is 0.150.